The summed E-state index contributed by atoms with van der Waals surface area (Å²) in [6, 6.07) is 6.29. The van der Waals surface area contributed by atoms with E-state index in [-0.39, 0.29) is 16.0 Å². The average Bonchev–Trinajstić information content (AvgIpc) is 2.65. The zero-order valence-electron chi connectivity index (χ0n) is 7.25. The Morgan fingerprint density at radius 1 is 1.40 bits per heavy atom. The van der Waals surface area contributed by atoms with E-state index >= 15 is 0 Å². The highest BCUT2D eigenvalue weighted by Crippen LogP contribution is 2.28. The summed E-state index contributed by atoms with van der Waals surface area (Å²) < 4.78 is 4.19. The van der Waals surface area contributed by atoms with Gasteiger partial charge in [-0.25, -0.2) is 4.98 Å². The molecule has 0 fully saturated rings. The summed E-state index contributed by atoms with van der Waals surface area (Å²) in [5.74, 6) is 0.289. The van der Waals surface area contributed by atoms with Crippen molar-refractivity contribution >= 4 is 28.8 Å². The third-order valence-electron chi connectivity index (χ3n) is 1.74. The number of hydrogen-bond donors (Lipinski definition) is 0. The van der Waals surface area contributed by atoms with Gasteiger partial charge in [0.2, 0.25) is 4.47 Å². The minimum Gasteiger partial charge on any atom is -0.258 e. The Morgan fingerprint density at radius 2 is 2.13 bits per heavy atom. The van der Waals surface area contributed by atoms with Crippen molar-refractivity contribution in [3.63, 3.8) is 0 Å². The molecule has 1 aromatic heterocycles. The van der Waals surface area contributed by atoms with Crippen molar-refractivity contribution in [1.82, 2.24) is 9.36 Å². The Morgan fingerprint density at radius 3 is 2.73 bits per heavy atom. The molecule has 0 N–H and O–H groups in total. The molecule has 2 rings (SSSR count). The van der Waals surface area contributed by atoms with E-state index in [2.05, 4.69) is 9.36 Å². The van der Waals surface area contributed by atoms with Gasteiger partial charge in [0.05, 0.1) is 10.5 Å². The lowest BCUT2D eigenvalue weighted by Gasteiger charge is -1.96. The molecule has 15 heavy (non-hydrogen) atoms. The predicted molar refractivity (Wildman–Crippen MR) is 57.0 cm³/mol. The molecular weight excluding hydrogens is 238 g/mol. The van der Waals surface area contributed by atoms with Crippen LogP contribution >= 0.6 is 23.1 Å². The maximum atomic E-state index is 10.7. The number of benzene rings is 1. The molecule has 0 spiro atoms. The van der Waals surface area contributed by atoms with Crippen molar-refractivity contribution in [3.05, 3.63) is 38.8 Å². The Balaban J connectivity index is 2.57. The summed E-state index contributed by atoms with van der Waals surface area (Å²) in [5, 5.41) is 10.7. The quantitative estimate of drug-likeness (QED) is 0.599. The smallest absolute Gasteiger partial charge is 0.258 e. The van der Waals surface area contributed by atoms with Crippen molar-refractivity contribution in [3.8, 4) is 11.4 Å². The van der Waals surface area contributed by atoms with Gasteiger partial charge in [0.25, 0.3) is 5.69 Å². The normalized spacial score (nSPS) is 10.2. The lowest BCUT2D eigenvalue weighted by molar-refractivity contribution is -0.384. The molecule has 0 unspecified atom stereocenters. The third kappa shape index (κ3) is 1.95. The maximum absolute atomic E-state index is 10.7. The summed E-state index contributed by atoms with van der Waals surface area (Å²) in [6.07, 6.45) is 0. The van der Waals surface area contributed by atoms with E-state index in [0.29, 0.717) is 5.56 Å². The number of hydrogen-bond acceptors (Lipinski definition) is 5. The third-order valence-corrected chi connectivity index (χ3v) is 2.54. The second kappa shape index (κ2) is 3.92. The first-order valence-electron chi connectivity index (χ1n) is 3.91. The van der Waals surface area contributed by atoms with Crippen molar-refractivity contribution in [2.45, 2.75) is 0 Å². The monoisotopic (exact) mass is 241 g/mol. The number of rotatable bonds is 2. The molecule has 0 aliphatic heterocycles. The molecule has 2 aromatic rings. The summed E-state index contributed by atoms with van der Waals surface area (Å²) >= 11 is 6.62. The molecule has 76 valence electrons. The van der Waals surface area contributed by atoms with Crippen LogP contribution in [0.5, 0.6) is 0 Å². The maximum Gasteiger partial charge on any atom is 0.280 e. The van der Waals surface area contributed by atoms with Gasteiger partial charge in [0, 0.05) is 6.07 Å². The van der Waals surface area contributed by atoms with Gasteiger partial charge in [0.1, 0.15) is 0 Å². The van der Waals surface area contributed by atoms with E-state index in [9.17, 15) is 10.1 Å². The van der Waals surface area contributed by atoms with Gasteiger partial charge in [-0.2, -0.15) is 4.37 Å². The minimum absolute atomic E-state index is 0.0213. The largest absolute Gasteiger partial charge is 0.280 e. The molecule has 0 atom stereocenters. The molecule has 7 heteroatoms. The lowest BCUT2D eigenvalue weighted by atomic mass is 10.2. The topological polar surface area (TPSA) is 68.9 Å². The summed E-state index contributed by atoms with van der Waals surface area (Å²) in [5.41, 5.74) is 0.359. The lowest BCUT2D eigenvalue weighted by Crippen LogP contribution is -1.92. The summed E-state index contributed by atoms with van der Waals surface area (Å²) in [7, 11) is 0. The van der Waals surface area contributed by atoms with Crippen LogP contribution in [0.1, 0.15) is 0 Å². The number of aromatic nitrogens is 2. The van der Waals surface area contributed by atoms with Gasteiger partial charge < -0.3 is 0 Å². The molecule has 0 bridgehead atoms. The Bertz CT molecular complexity index is 514. The molecule has 1 aromatic carbocycles. The first-order chi connectivity index (χ1) is 7.18. The van der Waals surface area contributed by atoms with Crippen LogP contribution in [0.15, 0.2) is 24.3 Å². The minimum atomic E-state index is -0.468. The molecule has 1 heterocycles. The molecule has 5 nitrogen and oxygen atoms in total. The van der Waals surface area contributed by atoms with Gasteiger partial charge in [-0.15, -0.1) is 0 Å². The van der Waals surface area contributed by atoms with Crippen LogP contribution in [0, 0.1) is 10.1 Å². The van der Waals surface area contributed by atoms with Crippen LogP contribution in [-0.4, -0.2) is 14.3 Å². The second-order valence-electron chi connectivity index (χ2n) is 2.65. The van der Waals surface area contributed by atoms with Gasteiger partial charge in [-0.05, 0) is 29.2 Å². The molecule has 0 aliphatic rings. The fourth-order valence-electron chi connectivity index (χ4n) is 1.14. The SMILES string of the molecule is O=[N+]([O-])c1ccccc1-c1nsc(Cl)n1. The van der Waals surface area contributed by atoms with Gasteiger partial charge >= 0.3 is 0 Å². The van der Waals surface area contributed by atoms with Crippen molar-refractivity contribution in [2.75, 3.05) is 0 Å². The van der Waals surface area contributed by atoms with E-state index in [0.717, 1.165) is 11.5 Å². The van der Waals surface area contributed by atoms with E-state index in [1.54, 1.807) is 18.2 Å². The Kier molecular flexibility index (Phi) is 2.61. The Hall–Kier alpha value is -1.53. The van der Waals surface area contributed by atoms with Crippen LogP contribution in [0.4, 0.5) is 5.69 Å². The first-order valence-corrected chi connectivity index (χ1v) is 5.06. The highest BCUT2D eigenvalue weighted by molar-refractivity contribution is 7.10. The molecule has 0 amide bonds. The predicted octanol–water partition coefficient (Wildman–Crippen LogP) is 2.77. The van der Waals surface area contributed by atoms with Crippen molar-refractivity contribution < 1.29 is 4.92 Å². The second-order valence-corrected chi connectivity index (χ2v) is 3.98. The van der Waals surface area contributed by atoms with E-state index in [1.807, 2.05) is 0 Å². The zero-order chi connectivity index (χ0) is 10.8. The van der Waals surface area contributed by atoms with Crippen molar-refractivity contribution in [1.29, 1.82) is 0 Å². The van der Waals surface area contributed by atoms with E-state index in [1.165, 1.54) is 6.07 Å². The highest BCUT2D eigenvalue weighted by Gasteiger charge is 2.17. The highest BCUT2D eigenvalue weighted by atomic mass is 35.5. The fraction of sp³-hybridized carbons (Fsp3) is 0. The number of nitro groups is 1. The van der Waals surface area contributed by atoms with Gasteiger partial charge in [-0.3, -0.25) is 10.1 Å². The standard InChI is InChI=1S/C8H4ClN3O2S/c9-8-10-7(11-15-8)5-3-1-2-4-6(5)12(13)14/h1-4H. The molecule has 0 radical (unpaired) electrons. The fourth-order valence-corrected chi connectivity index (χ4v) is 1.75. The van der Waals surface area contributed by atoms with Gasteiger partial charge in [-0.1, -0.05) is 12.1 Å². The van der Waals surface area contributed by atoms with E-state index in [4.69, 9.17) is 11.6 Å². The average molecular weight is 242 g/mol. The van der Waals surface area contributed by atoms with Crippen LogP contribution < -0.4 is 0 Å². The van der Waals surface area contributed by atoms with E-state index < -0.39 is 4.92 Å². The number of nitro benzene ring substituents is 1. The first kappa shape index (κ1) is 10.0. The van der Waals surface area contributed by atoms with Crippen LogP contribution in [0.3, 0.4) is 0 Å². The Labute approximate surface area is 93.7 Å². The molecule has 0 saturated carbocycles. The number of nitrogens with zero attached hydrogens (tertiary/aromatic N) is 3. The number of halogens is 1. The van der Waals surface area contributed by atoms with Crippen LogP contribution in [0.2, 0.25) is 4.47 Å². The summed E-state index contributed by atoms with van der Waals surface area (Å²) in [4.78, 5) is 14.1. The molecule has 0 saturated heterocycles. The zero-order valence-corrected chi connectivity index (χ0v) is 8.83. The summed E-state index contributed by atoms with van der Waals surface area (Å²) in [6.45, 7) is 0. The van der Waals surface area contributed by atoms with Crippen molar-refractivity contribution in [2.24, 2.45) is 0 Å². The van der Waals surface area contributed by atoms with Crippen LogP contribution in [-0.2, 0) is 0 Å². The van der Waals surface area contributed by atoms with Gasteiger partial charge in [0.15, 0.2) is 5.82 Å². The molecule has 0 aliphatic carbocycles. The van der Waals surface area contributed by atoms with Crippen LogP contribution in [0.25, 0.3) is 11.4 Å². The number of para-hydroxylation sites is 1. The molecular formula is C8H4ClN3O2S.